The van der Waals surface area contributed by atoms with Crippen molar-refractivity contribution in [3.63, 3.8) is 0 Å². The van der Waals surface area contributed by atoms with Gasteiger partial charge in [-0.05, 0) is 11.1 Å². The van der Waals surface area contributed by atoms with Crippen LogP contribution in [0.25, 0.3) is 20.9 Å². The number of halogens is 1. The molecule has 0 aromatic rings. The Morgan fingerprint density at radius 1 is 1.47 bits per heavy atom. The second kappa shape index (κ2) is 6.79. The van der Waals surface area contributed by atoms with E-state index >= 15 is 0 Å². The van der Waals surface area contributed by atoms with Crippen molar-refractivity contribution in [2.45, 2.75) is 38.5 Å². The molecule has 104 valence electrons. The first-order valence-corrected chi connectivity index (χ1v) is 5.57. The van der Waals surface area contributed by atoms with E-state index in [0.717, 1.165) is 0 Å². The van der Waals surface area contributed by atoms with Crippen LogP contribution in [-0.2, 0) is 9.47 Å². The number of hydrogen-bond donors (Lipinski definition) is 1. The molecular formula is C9H14FN7O2. The highest BCUT2D eigenvalue weighted by molar-refractivity contribution is 5.69. The molecule has 9 nitrogen and oxygen atoms in total. The van der Waals surface area contributed by atoms with Gasteiger partial charge in [-0.1, -0.05) is 17.2 Å². The van der Waals surface area contributed by atoms with Crippen LogP contribution in [0.5, 0.6) is 0 Å². The van der Waals surface area contributed by atoms with Crippen LogP contribution in [0.3, 0.4) is 0 Å². The predicted molar refractivity (Wildman–Crippen MR) is 64.2 cm³/mol. The normalized spacial score (nSPS) is 33.7. The van der Waals surface area contributed by atoms with E-state index in [1.807, 2.05) is 0 Å². The summed E-state index contributed by atoms with van der Waals surface area (Å²) in [6.07, 6.45) is -3.40. The van der Waals surface area contributed by atoms with Gasteiger partial charge in [-0.3, -0.25) is 5.41 Å². The first-order valence-electron chi connectivity index (χ1n) is 5.57. The molecule has 0 saturated carbocycles. The van der Waals surface area contributed by atoms with E-state index in [-0.39, 0.29) is 12.4 Å². The Bertz CT molecular complexity index is 430. The smallest absolute Gasteiger partial charge is 0.212 e. The van der Waals surface area contributed by atoms with Gasteiger partial charge in [0.2, 0.25) is 6.29 Å². The zero-order valence-electron chi connectivity index (χ0n) is 10.5. The Balaban J connectivity index is 2.92. The summed E-state index contributed by atoms with van der Waals surface area (Å²) in [5.41, 5.74) is 16.7. The van der Waals surface area contributed by atoms with E-state index in [4.69, 9.17) is 25.9 Å². The van der Waals surface area contributed by atoms with Gasteiger partial charge in [-0.2, -0.15) is 0 Å². The number of hydrogen-bond acceptors (Lipinski definition) is 5. The minimum Gasteiger partial charge on any atom is -0.452 e. The van der Waals surface area contributed by atoms with E-state index in [1.54, 1.807) is 6.92 Å². The summed E-state index contributed by atoms with van der Waals surface area (Å²) in [7, 11) is 0. The van der Waals surface area contributed by atoms with E-state index < -0.39 is 30.5 Å². The molecule has 0 bridgehead atoms. The Morgan fingerprint density at radius 3 is 2.68 bits per heavy atom. The molecule has 1 N–H and O–H groups in total. The number of nitrogens with one attached hydrogen (secondary N) is 1. The summed E-state index contributed by atoms with van der Waals surface area (Å²) >= 11 is 0. The lowest BCUT2D eigenvalue weighted by Crippen LogP contribution is -2.53. The number of nitrogens with zero attached hydrogens (tertiary/aromatic N) is 6. The van der Waals surface area contributed by atoms with Gasteiger partial charge in [0.25, 0.3) is 0 Å². The van der Waals surface area contributed by atoms with Gasteiger partial charge in [0.1, 0.15) is 12.2 Å². The van der Waals surface area contributed by atoms with Crippen molar-refractivity contribution in [1.29, 1.82) is 5.41 Å². The van der Waals surface area contributed by atoms with Crippen LogP contribution >= 0.6 is 0 Å². The Morgan fingerprint density at radius 2 is 2.16 bits per heavy atom. The van der Waals surface area contributed by atoms with E-state index in [1.165, 1.54) is 6.92 Å². The summed E-state index contributed by atoms with van der Waals surface area (Å²) < 4.78 is 24.6. The fourth-order valence-corrected chi connectivity index (χ4v) is 1.82. The maximum Gasteiger partial charge on any atom is 0.212 e. The number of alkyl halides is 1. The molecule has 19 heavy (non-hydrogen) atoms. The second-order valence-electron chi connectivity index (χ2n) is 4.13. The lowest BCUT2D eigenvalue weighted by atomic mass is 9.90. The molecule has 0 radical (unpaired) electrons. The van der Waals surface area contributed by atoms with E-state index in [0.29, 0.717) is 0 Å². The topological polar surface area (TPSA) is 140 Å². The molecule has 0 aromatic heterocycles. The van der Waals surface area contributed by atoms with Gasteiger partial charge in [-0.15, -0.1) is 0 Å². The summed E-state index contributed by atoms with van der Waals surface area (Å²) in [5, 5.41) is 13.9. The molecular weight excluding hydrogens is 257 g/mol. The van der Waals surface area contributed by atoms with Crippen molar-refractivity contribution in [2.75, 3.05) is 6.54 Å². The minimum absolute atomic E-state index is 0.0576. The average Bonchev–Trinajstić information content (AvgIpc) is 2.36. The number of rotatable bonds is 4. The van der Waals surface area contributed by atoms with Gasteiger partial charge in [0, 0.05) is 22.7 Å². The van der Waals surface area contributed by atoms with Crippen LogP contribution in [0.15, 0.2) is 10.2 Å². The summed E-state index contributed by atoms with van der Waals surface area (Å²) in [5.74, 6) is -0.806. The van der Waals surface area contributed by atoms with Crippen LogP contribution in [0, 0.1) is 11.3 Å². The molecule has 1 fully saturated rings. The van der Waals surface area contributed by atoms with Crippen LogP contribution in [-0.4, -0.2) is 37.1 Å². The SMILES string of the molecule is CC(=N)OC1O[C@H](CN=[N+]=[N-])[C@@H](C)[C@@H](F)[C@H]1N=[N+]=[N-]. The maximum atomic E-state index is 14.2. The van der Waals surface area contributed by atoms with Crippen molar-refractivity contribution < 1.29 is 13.9 Å². The summed E-state index contributed by atoms with van der Waals surface area (Å²) in [6.45, 7) is 2.86. The fourth-order valence-electron chi connectivity index (χ4n) is 1.82. The number of azide groups is 2. The lowest BCUT2D eigenvalue weighted by molar-refractivity contribution is -0.199. The Kier molecular flexibility index (Phi) is 5.37. The fraction of sp³-hybridized carbons (Fsp3) is 0.889. The molecule has 1 heterocycles. The van der Waals surface area contributed by atoms with E-state index in [9.17, 15) is 4.39 Å². The van der Waals surface area contributed by atoms with Crippen LogP contribution in [0.4, 0.5) is 4.39 Å². The molecule has 1 rings (SSSR count). The van der Waals surface area contributed by atoms with Gasteiger partial charge in [0.15, 0.2) is 5.90 Å². The predicted octanol–water partition coefficient (Wildman–Crippen LogP) is 2.69. The zero-order chi connectivity index (χ0) is 14.4. The molecule has 1 aliphatic rings. The summed E-state index contributed by atoms with van der Waals surface area (Å²) in [6, 6.07) is -1.18. The summed E-state index contributed by atoms with van der Waals surface area (Å²) in [4.78, 5) is 5.15. The third kappa shape index (κ3) is 3.72. The third-order valence-electron chi connectivity index (χ3n) is 2.81. The Labute approximate surface area is 108 Å². The highest BCUT2D eigenvalue weighted by Gasteiger charge is 2.45. The molecule has 1 aliphatic heterocycles. The monoisotopic (exact) mass is 271 g/mol. The van der Waals surface area contributed by atoms with Gasteiger partial charge < -0.3 is 9.47 Å². The first-order chi connectivity index (χ1) is 9.01. The average molecular weight is 271 g/mol. The van der Waals surface area contributed by atoms with Crippen LogP contribution < -0.4 is 0 Å². The molecule has 0 aromatic carbocycles. The van der Waals surface area contributed by atoms with Crippen molar-refractivity contribution in [3.8, 4) is 0 Å². The molecule has 1 saturated heterocycles. The van der Waals surface area contributed by atoms with Gasteiger partial charge in [-0.25, -0.2) is 4.39 Å². The third-order valence-corrected chi connectivity index (χ3v) is 2.81. The van der Waals surface area contributed by atoms with Crippen LogP contribution in [0.1, 0.15) is 13.8 Å². The molecule has 0 amide bonds. The van der Waals surface area contributed by atoms with E-state index in [2.05, 4.69) is 20.1 Å². The molecule has 10 heteroatoms. The second-order valence-corrected chi connectivity index (χ2v) is 4.13. The molecule has 5 atom stereocenters. The molecule has 1 unspecified atom stereocenters. The van der Waals surface area contributed by atoms with Crippen LogP contribution in [0.2, 0.25) is 0 Å². The van der Waals surface area contributed by atoms with Crippen molar-refractivity contribution >= 4 is 5.90 Å². The first kappa shape index (κ1) is 15.0. The maximum absolute atomic E-state index is 14.2. The highest BCUT2D eigenvalue weighted by Crippen LogP contribution is 2.31. The van der Waals surface area contributed by atoms with Gasteiger partial charge in [0.05, 0.1) is 12.6 Å². The van der Waals surface area contributed by atoms with Crippen molar-refractivity contribution in [1.82, 2.24) is 0 Å². The molecule has 0 aliphatic carbocycles. The quantitative estimate of drug-likeness (QED) is 0.276. The van der Waals surface area contributed by atoms with Gasteiger partial charge >= 0.3 is 0 Å². The Hall–Kier alpha value is -2.02. The lowest BCUT2D eigenvalue weighted by Gasteiger charge is -2.39. The molecule has 0 spiro atoms. The van der Waals surface area contributed by atoms with Crippen molar-refractivity contribution in [2.24, 2.45) is 16.1 Å². The zero-order valence-corrected chi connectivity index (χ0v) is 10.5. The minimum atomic E-state index is -1.51. The standard InChI is InChI=1S/C9H14FN7O2/c1-4-6(3-14-16-12)19-9(18-5(2)11)8(7(4)10)15-17-13/h4,6-9,11H,3H2,1-2H3/t4-,6-,7-,8-,9?/m1/s1. The van der Waals surface area contributed by atoms with Crippen molar-refractivity contribution in [3.05, 3.63) is 20.9 Å². The largest absolute Gasteiger partial charge is 0.452 e. The highest BCUT2D eigenvalue weighted by atomic mass is 19.1. The number of ether oxygens (including phenoxy) is 2.